The first-order valence-corrected chi connectivity index (χ1v) is 8.14. The minimum Gasteiger partial charge on any atom is -0.493 e. The lowest BCUT2D eigenvalue weighted by Gasteiger charge is -2.12. The Hall–Kier alpha value is -2.12. The van der Waals surface area contributed by atoms with Crippen LogP contribution in [0.3, 0.4) is 0 Å². The Morgan fingerprint density at radius 3 is 2.92 bits per heavy atom. The molecule has 3 rings (SSSR count). The molecule has 0 spiro atoms. The highest BCUT2D eigenvalue weighted by molar-refractivity contribution is 6.43. The van der Waals surface area contributed by atoms with Gasteiger partial charge in [0, 0.05) is 18.1 Å². The minimum absolute atomic E-state index is 0.142. The third kappa shape index (κ3) is 3.68. The monoisotopic (exact) mass is 328 g/mol. The molecule has 1 aromatic heterocycles. The van der Waals surface area contributed by atoms with E-state index in [4.69, 9.17) is 14.1 Å². The zero-order valence-electron chi connectivity index (χ0n) is 13.9. The van der Waals surface area contributed by atoms with Gasteiger partial charge in [0.25, 0.3) is 0 Å². The van der Waals surface area contributed by atoms with Crippen molar-refractivity contribution in [3.63, 3.8) is 0 Å². The topological polar surface area (TPSA) is 73.7 Å². The quantitative estimate of drug-likeness (QED) is 0.822. The number of hydrogen-bond donors (Lipinski definition) is 1. The van der Waals surface area contributed by atoms with E-state index in [9.17, 15) is 5.02 Å². The maximum atomic E-state index is 9.54. The SMILES string of the molecule is CCCOc1cc(-c2cc(C3COB(O)C3)cnn2)ccc1OC. The van der Waals surface area contributed by atoms with E-state index in [2.05, 4.69) is 17.1 Å². The molecule has 7 heteroatoms. The molecule has 1 atom stereocenters. The second-order valence-electron chi connectivity index (χ2n) is 5.81. The fourth-order valence-electron chi connectivity index (χ4n) is 2.75. The number of benzene rings is 1. The molecule has 0 amide bonds. The van der Waals surface area contributed by atoms with Crippen LogP contribution in [-0.2, 0) is 4.65 Å². The maximum Gasteiger partial charge on any atom is 0.454 e. The van der Waals surface area contributed by atoms with Crippen LogP contribution in [0.5, 0.6) is 11.5 Å². The molecular formula is C17H21BN2O4. The average Bonchev–Trinajstić information content (AvgIpc) is 3.06. The molecule has 1 aliphatic heterocycles. The molecule has 0 aliphatic carbocycles. The van der Waals surface area contributed by atoms with Gasteiger partial charge >= 0.3 is 7.12 Å². The third-order valence-electron chi connectivity index (χ3n) is 4.04. The van der Waals surface area contributed by atoms with Gasteiger partial charge in [0.1, 0.15) is 0 Å². The van der Waals surface area contributed by atoms with Gasteiger partial charge in [-0.15, -0.1) is 0 Å². The Balaban J connectivity index is 1.88. The molecule has 1 saturated heterocycles. The van der Waals surface area contributed by atoms with Crippen LogP contribution in [0.2, 0.25) is 6.32 Å². The second-order valence-corrected chi connectivity index (χ2v) is 5.81. The predicted octanol–water partition coefficient (Wildman–Crippen LogP) is 2.54. The van der Waals surface area contributed by atoms with E-state index in [1.807, 2.05) is 24.3 Å². The summed E-state index contributed by atoms with van der Waals surface area (Å²) in [6.45, 7) is 3.19. The number of aromatic nitrogens is 2. The third-order valence-corrected chi connectivity index (χ3v) is 4.04. The lowest BCUT2D eigenvalue weighted by atomic mass is 9.80. The van der Waals surface area contributed by atoms with Crippen molar-refractivity contribution in [2.45, 2.75) is 25.6 Å². The summed E-state index contributed by atoms with van der Waals surface area (Å²) >= 11 is 0. The van der Waals surface area contributed by atoms with Crippen molar-refractivity contribution in [2.75, 3.05) is 20.3 Å². The molecule has 1 aliphatic rings. The van der Waals surface area contributed by atoms with Crippen LogP contribution >= 0.6 is 0 Å². The molecule has 1 unspecified atom stereocenters. The minimum atomic E-state index is -0.693. The van der Waals surface area contributed by atoms with E-state index >= 15 is 0 Å². The smallest absolute Gasteiger partial charge is 0.454 e. The van der Waals surface area contributed by atoms with Crippen LogP contribution in [0.15, 0.2) is 30.5 Å². The Bertz CT molecular complexity index is 698. The highest BCUT2D eigenvalue weighted by Crippen LogP contribution is 2.33. The average molecular weight is 328 g/mol. The lowest BCUT2D eigenvalue weighted by Crippen LogP contribution is -2.07. The van der Waals surface area contributed by atoms with E-state index < -0.39 is 7.12 Å². The molecule has 1 aromatic carbocycles. The van der Waals surface area contributed by atoms with Gasteiger partial charge in [-0.25, -0.2) is 0 Å². The molecular weight excluding hydrogens is 307 g/mol. The Morgan fingerprint density at radius 2 is 2.21 bits per heavy atom. The lowest BCUT2D eigenvalue weighted by molar-refractivity contribution is 0.292. The largest absolute Gasteiger partial charge is 0.493 e. The van der Waals surface area contributed by atoms with Gasteiger partial charge in [0.15, 0.2) is 11.5 Å². The first kappa shape index (κ1) is 16.7. The van der Waals surface area contributed by atoms with Crippen molar-refractivity contribution in [1.29, 1.82) is 0 Å². The van der Waals surface area contributed by atoms with Crippen LogP contribution in [0.4, 0.5) is 0 Å². The van der Waals surface area contributed by atoms with E-state index in [0.717, 1.165) is 23.2 Å². The van der Waals surface area contributed by atoms with Gasteiger partial charge in [0.2, 0.25) is 0 Å². The van der Waals surface area contributed by atoms with Crippen molar-refractivity contribution in [3.05, 3.63) is 36.0 Å². The standard InChI is InChI=1S/C17H21BN2O4/c1-3-6-23-17-8-12(4-5-16(17)22-2)15-7-13(10-19-20-15)14-9-18(21)24-11-14/h4-5,7-8,10,14,21H,3,6,9,11H2,1-2H3. The summed E-state index contributed by atoms with van der Waals surface area (Å²) in [4.78, 5) is 0. The van der Waals surface area contributed by atoms with Gasteiger partial charge in [-0.3, -0.25) is 0 Å². The normalized spacial score (nSPS) is 17.1. The Labute approximate surface area is 141 Å². The molecule has 6 nitrogen and oxygen atoms in total. The number of nitrogens with zero attached hydrogens (tertiary/aromatic N) is 2. The molecule has 2 aromatic rings. The highest BCUT2D eigenvalue weighted by Gasteiger charge is 2.30. The molecule has 1 fully saturated rings. The number of methoxy groups -OCH3 is 1. The van der Waals surface area contributed by atoms with Gasteiger partial charge in [-0.05, 0) is 42.6 Å². The fourth-order valence-corrected chi connectivity index (χ4v) is 2.75. The van der Waals surface area contributed by atoms with E-state index in [-0.39, 0.29) is 5.92 Å². The van der Waals surface area contributed by atoms with Gasteiger partial charge in [0.05, 0.1) is 25.6 Å². The summed E-state index contributed by atoms with van der Waals surface area (Å²) in [6, 6.07) is 7.72. The van der Waals surface area contributed by atoms with E-state index in [1.165, 1.54) is 0 Å². The van der Waals surface area contributed by atoms with Crippen molar-refractivity contribution in [2.24, 2.45) is 0 Å². The summed E-state index contributed by atoms with van der Waals surface area (Å²) in [7, 11) is 0.932. The summed E-state index contributed by atoms with van der Waals surface area (Å²) in [5, 5.41) is 17.9. The van der Waals surface area contributed by atoms with Crippen LogP contribution < -0.4 is 9.47 Å². The number of ether oxygens (including phenoxy) is 2. The molecule has 2 heterocycles. The molecule has 1 N–H and O–H groups in total. The summed E-state index contributed by atoms with van der Waals surface area (Å²) in [6.07, 6.45) is 3.23. The van der Waals surface area contributed by atoms with Crippen LogP contribution in [0.1, 0.15) is 24.8 Å². The van der Waals surface area contributed by atoms with E-state index in [1.54, 1.807) is 13.3 Å². The van der Waals surface area contributed by atoms with Crippen LogP contribution in [0.25, 0.3) is 11.3 Å². The van der Waals surface area contributed by atoms with Gasteiger partial charge < -0.3 is 19.2 Å². The zero-order valence-corrected chi connectivity index (χ0v) is 13.9. The van der Waals surface area contributed by atoms with Crippen molar-refractivity contribution in [3.8, 4) is 22.8 Å². The first-order valence-electron chi connectivity index (χ1n) is 8.14. The predicted molar refractivity (Wildman–Crippen MR) is 91.3 cm³/mol. The Morgan fingerprint density at radius 1 is 1.33 bits per heavy atom. The van der Waals surface area contributed by atoms with Gasteiger partial charge in [-0.1, -0.05) is 6.92 Å². The highest BCUT2D eigenvalue weighted by atomic mass is 16.5. The van der Waals surface area contributed by atoms with Crippen molar-refractivity contribution in [1.82, 2.24) is 10.2 Å². The first-order chi connectivity index (χ1) is 11.7. The van der Waals surface area contributed by atoms with Gasteiger partial charge in [-0.2, -0.15) is 10.2 Å². The summed E-state index contributed by atoms with van der Waals surface area (Å²) in [5.74, 6) is 1.54. The number of hydrogen-bond acceptors (Lipinski definition) is 6. The second kappa shape index (κ2) is 7.64. The maximum absolute atomic E-state index is 9.54. The van der Waals surface area contributed by atoms with Crippen LogP contribution in [-0.4, -0.2) is 42.7 Å². The molecule has 0 bridgehead atoms. The number of rotatable bonds is 6. The van der Waals surface area contributed by atoms with Crippen molar-refractivity contribution >= 4 is 7.12 Å². The zero-order chi connectivity index (χ0) is 16.9. The molecule has 0 saturated carbocycles. The molecule has 0 radical (unpaired) electrons. The fraction of sp³-hybridized carbons (Fsp3) is 0.412. The van der Waals surface area contributed by atoms with Crippen molar-refractivity contribution < 1.29 is 19.2 Å². The molecule has 126 valence electrons. The summed E-state index contributed by atoms with van der Waals surface area (Å²) < 4.78 is 16.3. The molecule has 24 heavy (non-hydrogen) atoms. The summed E-state index contributed by atoms with van der Waals surface area (Å²) in [5.41, 5.74) is 2.69. The van der Waals surface area contributed by atoms with Crippen LogP contribution in [0, 0.1) is 0 Å². The van der Waals surface area contributed by atoms with E-state index in [0.29, 0.717) is 31.0 Å². The Kier molecular flexibility index (Phi) is 5.32.